The molecule has 0 aromatic rings. The summed E-state index contributed by atoms with van der Waals surface area (Å²) in [5.41, 5.74) is 5.97. The summed E-state index contributed by atoms with van der Waals surface area (Å²) in [6.07, 6.45) is 1.05. The summed E-state index contributed by atoms with van der Waals surface area (Å²) in [4.78, 5) is 29.9. The zero-order valence-electron chi connectivity index (χ0n) is 13.5. The second-order valence-corrected chi connectivity index (χ2v) is 6.74. The van der Waals surface area contributed by atoms with Crippen molar-refractivity contribution in [1.82, 2.24) is 14.7 Å². The number of amides is 2. The Morgan fingerprint density at radius 1 is 1.14 bits per heavy atom. The van der Waals surface area contributed by atoms with Gasteiger partial charge in [0.15, 0.2) is 0 Å². The number of likely N-dealkylation sites (tertiary alicyclic amines) is 1. The van der Waals surface area contributed by atoms with Crippen molar-refractivity contribution < 1.29 is 9.59 Å². The maximum atomic E-state index is 12.6. The molecule has 0 aliphatic carbocycles. The zero-order chi connectivity index (χ0) is 15.6. The summed E-state index contributed by atoms with van der Waals surface area (Å²) in [5, 5.41) is 0. The van der Waals surface area contributed by atoms with E-state index in [0.717, 1.165) is 19.5 Å². The fourth-order valence-corrected chi connectivity index (χ4v) is 3.22. The molecule has 0 saturated carbocycles. The molecule has 21 heavy (non-hydrogen) atoms. The molecule has 2 aliphatic rings. The van der Waals surface area contributed by atoms with Gasteiger partial charge in [0.1, 0.15) is 0 Å². The second kappa shape index (κ2) is 6.32. The van der Waals surface area contributed by atoms with Gasteiger partial charge in [-0.25, -0.2) is 0 Å². The van der Waals surface area contributed by atoms with Crippen LogP contribution < -0.4 is 5.73 Å². The van der Waals surface area contributed by atoms with Gasteiger partial charge >= 0.3 is 0 Å². The van der Waals surface area contributed by atoms with Crippen molar-refractivity contribution in [3.8, 4) is 0 Å². The van der Waals surface area contributed by atoms with Crippen LogP contribution in [-0.4, -0.2) is 78.4 Å². The highest BCUT2D eigenvalue weighted by Crippen LogP contribution is 2.30. The molecule has 120 valence electrons. The van der Waals surface area contributed by atoms with Crippen LogP contribution in [0.3, 0.4) is 0 Å². The van der Waals surface area contributed by atoms with Crippen molar-refractivity contribution in [2.45, 2.75) is 33.2 Å². The fraction of sp³-hybridized carbons (Fsp3) is 0.867. The molecule has 2 amide bonds. The monoisotopic (exact) mass is 296 g/mol. The highest BCUT2D eigenvalue weighted by Gasteiger charge is 2.38. The summed E-state index contributed by atoms with van der Waals surface area (Å²) in [5.74, 6) is 0.271. The van der Waals surface area contributed by atoms with Crippen LogP contribution in [-0.2, 0) is 9.59 Å². The number of carbonyl (C=O) groups is 2. The zero-order valence-corrected chi connectivity index (χ0v) is 13.5. The predicted octanol–water partition coefficient (Wildman–Crippen LogP) is -0.264. The van der Waals surface area contributed by atoms with E-state index in [0.29, 0.717) is 32.7 Å². The standard InChI is InChI=1S/C15H28N4O2/c1-12(19-5-4-15(3,10-16)11-19)14(21)18-8-6-17(7-9-18)13(2)20/h12H,4-11,16H2,1-3H3. The third kappa shape index (κ3) is 3.55. The Morgan fingerprint density at radius 3 is 2.19 bits per heavy atom. The van der Waals surface area contributed by atoms with Gasteiger partial charge in [0.05, 0.1) is 6.04 Å². The van der Waals surface area contributed by atoms with Gasteiger partial charge in [-0.3, -0.25) is 14.5 Å². The molecule has 0 aromatic carbocycles. The highest BCUT2D eigenvalue weighted by molar-refractivity contribution is 5.82. The van der Waals surface area contributed by atoms with Gasteiger partial charge in [0, 0.05) is 39.6 Å². The molecule has 6 nitrogen and oxygen atoms in total. The van der Waals surface area contributed by atoms with Gasteiger partial charge in [-0.1, -0.05) is 6.92 Å². The maximum Gasteiger partial charge on any atom is 0.239 e. The van der Waals surface area contributed by atoms with E-state index in [9.17, 15) is 9.59 Å². The van der Waals surface area contributed by atoms with Crippen molar-refractivity contribution in [3.05, 3.63) is 0 Å². The number of hydrogen-bond donors (Lipinski definition) is 1. The molecular formula is C15H28N4O2. The first-order valence-electron chi connectivity index (χ1n) is 7.85. The van der Waals surface area contributed by atoms with Crippen molar-refractivity contribution in [2.24, 2.45) is 11.1 Å². The normalized spacial score (nSPS) is 28.8. The van der Waals surface area contributed by atoms with E-state index in [-0.39, 0.29) is 23.3 Å². The van der Waals surface area contributed by atoms with Crippen LogP contribution in [0.25, 0.3) is 0 Å². The van der Waals surface area contributed by atoms with E-state index < -0.39 is 0 Å². The van der Waals surface area contributed by atoms with Crippen LogP contribution in [0.15, 0.2) is 0 Å². The van der Waals surface area contributed by atoms with E-state index >= 15 is 0 Å². The van der Waals surface area contributed by atoms with Crippen LogP contribution in [0.4, 0.5) is 0 Å². The average Bonchev–Trinajstić information content (AvgIpc) is 2.89. The summed E-state index contributed by atoms with van der Waals surface area (Å²) in [6, 6.07) is -0.0951. The highest BCUT2D eigenvalue weighted by atomic mass is 16.2. The maximum absolute atomic E-state index is 12.6. The summed E-state index contributed by atoms with van der Waals surface area (Å²) in [7, 11) is 0. The first kappa shape index (κ1) is 16.2. The Labute approximate surface area is 127 Å². The molecule has 2 rings (SSSR count). The van der Waals surface area contributed by atoms with Crippen LogP contribution in [0.2, 0.25) is 0 Å². The molecule has 2 fully saturated rings. The van der Waals surface area contributed by atoms with Gasteiger partial charge in [0.25, 0.3) is 0 Å². The minimum absolute atomic E-state index is 0.0911. The summed E-state index contributed by atoms with van der Waals surface area (Å²) >= 11 is 0. The number of hydrogen-bond acceptors (Lipinski definition) is 4. The minimum Gasteiger partial charge on any atom is -0.339 e. The Morgan fingerprint density at radius 2 is 1.71 bits per heavy atom. The third-order valence-electron chi connectivity index (χ3n) is 5.02. The number of piperazine rings is 1. The Balaban J connectivity index is 1.88. The largest absolute Gasteiger partial charge is 0.339 e. The Hall–Kier alpha value is -1.14. The summed E-state index contributed by atoms with van der Waals surface area (Å²) in [6.45, 7) is 10.8. The lowest BCUT2D eigenvalue weighted by Gasteiger charge is -2.37. The van der Waals surface area contributed by atoms with Crippen LogP contribution in [0, 0.1) is 5.41 Å². The molecule has 0 bridgehead atoms. The molecule has 2 atom stereocenters. The topological polar surface area (TPSA) is 69.9 Å². The molecule has 0 radical (unpaired) electrons. The molecule has 2 aliphatic heterocycles. The molecule has 2 saturated heterocycles. The van der Waals surface area contributed by atoms with Crippen LogP contribution in [0.5, 0.6) is 0 Å². The van der Waals surface area contributed by atoms with Gasteiger partial charge < -0.3 is 15.5 Å². The van der Waals surface area contributed by atoms with Crippen molar-refractivity contribution >= 4 is 11.8 Å². The number of nitrogens with zero attached hydrogens (tertiary/aromatic N) is 3. The Kier molecular flexibility index (Phi) is 4.88. The Bertz CT molecular complexity index is 406. The molecule has 2 N–H and O–H groups in total. The van der Waals surface area contributed by atoms with Crippen molar-refractivity contribution in [1.29, 1.82) is 0 Å². The van der Waals surface area contributed by atoms with Gasteiger partial charge in [-0.05, 0) is 31.8 Å². The van der Waals surface area contributed by atoms with Crippen molar-refractivity contribution in [3.63, 3.8) is 0 Å². The first-order valence-corrected chi connectivity index (χ1v) is 7.85. The van der Waals surface area contributed by atoms with E-state index in [4.69, 9.17) is 5.73 Å². The minimum atomic E-state index is -0.0951. The smallest absolute Gasteiger partial charge is 0.239 e. The molecular weight excluding hydrogens is 268 g/mol. The average molecular weight is 296 g/mol. The van der Waals surface area contributed by atoms with Crippen molar-refractivity contribution in [2.75, 3.05) is 45.8 Å². The lowest BCUT2D eigenvalue weighted by atomic mass is 9.90. The van der Waals surface area contributed by atoms with E-state index in [1.807, 2.05) is 11.8 Å². The molecule has 0 spiro atoms. The van der Waals surface area contributed by atoms with Gasteiger partial charge in [-0.2, -0.15) is 0 Å². The molecule has 0 aromatic heterocycles. The SMILES string of the molecule is CC(=O)N1CCN(C(=O)C(C)N2CCC(C)(CN)C2)CC1. The van der Waals surface area contributed by atoms with Gasteiger partial charge in [-0.15, -0.1) is 0 Å². The van der Waals surface area contributed by atoms with Gasteiger partial charge in [0.2, 0.25) is 11.8 Å². The quantitative estimate of drug-likeness (QED) is 0.779. The number of nitrogens with two attached hydrogens (primary N) is 1. The molecule has 2 heterocycles. The second-order valence-electron chi connectivity index (χ2n) is 6.74. The summed E-state index contributed by atoms with van der Waals surface area (Å²) < 4.78 is 0. The lowest BCUT2D eigenvalue weighted by molar-refractivity contribution is -0.141. The number of carbonyl (C=O) groups excluding carboxylic acids is 2. The molecule has 2 unspecified atom stereocenters. The van der Waals surface area contributed by atoms with E-state index in [1.165, 1.54) is 0 Å². The van der Waals surface area contributed by atoms with Crippen LogP contribution in [0.1, 0.15) is 27.2 Å². The first-order chi connectivity index (χ1) is 9.86. The predicted molar refractivity (Wildman–Crippen MR) is 81.6 cm³/mol. The van der Waals surface area contributed by atoms with E-state index in [2.05, 4.69) is 11.8 Å². The van der Waals surface area contributed by atoms with Crippen LogP contribution >= 0.6 is 0 Å². The third-order valence-corrected chi connectivity index (χ3v) is 5.02. The molecule has 6 heteroatoms. The van der Waals surface area contributed by atoms with E-state index in [1.54, 1.807) is 11.8 Å². The number of rotatable bonds is 3. The fourth-order valence-electron chi connectivity index (χ4n) is 3.22. The lowest BCUT2D eigenvalue weighted by Crippen LogP contribution is -2.54.